The highest BCUT2D eigenvalue weighted by atomic mass is 32.2. The van der Waals surface area contributed by atoms with Gasteiger partial charge < -0.3 is 13.8 Å². The molecule has 158 valence electrons. The lowest BCUT2D eigenvalue weighted by Gasteiger charge is -2.25. The van der Waals surface area contributed by atoms with Crippen LogP contribution in [-0.4, -0.2) is 44.9 Å². The third-order valence-electron chi connectivity index (χ3n) is 3.89. The summed E-state index contributed by atoms with van der Waals surface area (Å²) in [4.78, 5) is 15.7. The van der Waals surface area contributed by atoms with Gasteiger partial charge in [-0.1, -0.05) is 38.1 Å². The Kier molecular flexibility index (Phi) is 8.40. The number of rotatable bonds is 10. The average molecular weight is 438 g/mol. The third kappa shape index (κ3) is 7.98. The van der Waals surface area contributed by atoms with Crippen molar-refractivity contribution in [3.8, 4) is 11.5 Å². The summed E-state index contributed by atoms with van der Waals surface area (Å²) in [5, 5.41) is 0. The molecule has 2 aromatic carbocycles. The predicted octanol–water partition coefficient (Wildman–Crippen LogP) is 3.81. The standard InChI is InChI=1S/C21H27NO5S2/c1-16(2)13-22(21(23)15-28-18-8-6-5-7-9-18)14-17-10-11-19(26-3)20(12-17)27-29(4,24)25/h5-12,16H,13-15H2,1-4H3. The Labute approximate surface area is 177 Å². The summed E-state index contributed by atoms with van der Waals surface area (Å²) in [6.07, 6.45) is 0.981. The first kappa shape index (κ1) is 23.1. The van der Waals surface area contributed by atoms with Gasteiger partial charge in [-0.3, -0.25) is 4.79 Å². The van der Waals surface area contributed by atoms with Crippen LogP contribution in [0.2, 0.25) is 0 Å². The number of hydrogen-bond acceptors (Lipinski definition) is 6. The second-order valence-electron chi connectivity index (χ2n) is 7.04. The van der Waals surface area contributed by atoms with Crippen molar-refractivity contribution in [2.75, 3.05) is 25.7 Å². The number of carbonyl (C=O) groups is 1. The Bertz CT molecular complexity index is 914. The van der Waals surface area contributed by atoms with E-state index in [0.29, 0.717) is 30.5 Å². The van der Waals surface area contributed by atoms with Crippen molar-refractivity contribution in [3.63, 3.8) is 0 Å². The van der Waals surface area contributed by atoms with E-state index in [4.69, 9.17) is 8.92 Å². The number of carbonyl (C=O) groups excluding carboxylic acids is 1. The molecule has 0 radical (unpaired) electrons. The highest BCUT2D eigenvalue weighted by molar-refractivity contribution is 8.00. The van der Waals surface area contributed by atoms with Gasteiger partial charge in [-0.2, -0.15) is 8.42 Å². The summed E-state index contributed by atoms with van der Waals surface area (Å²) in [5.41, 5.74) is 0.767. The molecule has 8 heteroatoms. The van der Waals surface area contributed by atoms with E-state index in [0.717, 1.165) is 16.7 Å². The van der Waals surface area contributed by atoms with Gasteiger partial charge in [-0.25, -0.2) is 0 Å². The van der Waals surface area contributed by atoms with E-state index in [9.17, 15) is 13.2 Å². The molecule has 2 aromatic rings. The smallest absolute Gasteiger partial charge is 0.306 e. The molecule has 0 aromatic heterocycles. The van der Waals surface area contributed by atoms with E-state index in [1.165, 1.54) is 18.9 Å². The molecule has 0 aliphatic rings. The van der Waals surface area contributed by atoms with Crippen LogP contribution in [0.4, 0.5) is 0 Å². The van der Waals surface area contributed by atoms with Crippen molar-refractivity contribution in [1.82, 2.24) is 4.90 Å². The first-order valence-electron chi connectivity index (χ1n) is 9.20. The van der Waals surface area contributed by atoms with Gasteiger partial charge in [0.25, 0.3) is 0 Å². The van der Waals surface area contributed by atoms with E-state index in [2.05, 4.69) is 13.8 Å². The monoisotopic (exact) mass is 437 g/mol. The van der Waals surface area contributed by atoms with Gasteiger partial charge in [0.2, 0.25) is 5.91 Å². The molecular weight excluding hydrogens is 410 g/mol. The topological polar surface area (TPSA) is 72.9 Å². The molecule has 0 aliphatic carbocycles. The largest absolute Gasteiger partial charge is 0.493 e. The number of nitrogens with zero attached hydrogens (tertiary/aromatic N) is 1. The van der Waals surface area contributed by atoms with Gasteiger partial charge in [0.1, 0.15) is 0 Å². The number of benzene rings is 2. The molecule has 0 bridgehead atoms. The van der Waals surface area contributed by atoms with Crippen LogP contribution in [0.25, 0.3) is 0 Å². The maximum absolute atomic E-state index is 12.8. The summed E-state index contributed by atoms with van der Waals surface area (Å²) >= 11 is 1.50. The summed E-state index contributed by atoms with van der Waals surface area (Å²) in [6, 6.07) is 14.8. The normalized spacial score (nSPS) is 11.3. The van der Waals surface area contributed by atoms with Crippen LogP contribution in [-0.2, 0) is 21.5 Å². The maximum Gasteiger partial charge on any atom is 0.306 e. The average Bonchev–Trinajstić information content (AvgIpc) is 2.65. The zero-order valence-corrected chi connectivity index (χ0v) is 18.8. The summed E-state index contributed by atoms with van der Waals surface area (Å²) in [7, 11) is -2.25. The van der Waals surface area contributed by atoms with Crippen LogP contribution >= 0.6 is 11.8 Å². The van der Waals surface area contributed by atoms with E-state index < -0.39 is 10.1 Å². The van der Waals surface area contributed by atoms with Crippen molar-refractivity contribution < 1.29 is 22.1 Å². The second kappa shape index (κ2) is 10.5. The fourth-order valence-corrected chi connectivity index (χ4v) is 4.00. The number of methoxy groups -OCH3 is 1. The number of amides is 1. The summed E-state index contributed by atoms with van der Waals surface area (Å²) < 4.78 is 33.3. The zero-order chi connectivity index (χ0) is 21.4. The van der Waals surface area contributed by atoms with Crippen LogP contribution in [0.3, 0.4) is 0 Å². The van der Waals surface area contributed by atoms with Crippen molar-refractivity contribution in [3.05, 3.63) is 54.1 Å². The lowest BCUT2D eigenvalue weighted by atomic mass is 10.1. The van der Waals surface area contributed by atoms with E-state index in [1.54, 1.807) is 23.1 Å². The van der Waals surface area contributed by atoms with Crippen LogP contribution in [0.1, 0.15) is 19.4 Å². The van der Waals surface area contributed by atoms with Crippen LogP contribution in [0.15, 0.2) is 53.4 Å². The van der Waals surface area contributed by atoms with Crippen LogP contribution in [0.5, 0.6) is 11.5 Å². The molecule has 0 spiro atoms. The van der Waals surface area contributed by atoms with E-state index in [-0.39, 0.29) is 11.7 Å². The molecule has 0 heterocycles. The van der Waals surface area contributed by atoms with Crippen molar-refractivity contribution in [2.45, 2.75) is 25.3 Å². The van der Waals surface area contributed by atoms with Crippen molar-refractivity contribution in [2.24, 2.45) is 5.92 Å². The van der Waals surface area contributed by atoms with Gasteiger partial charge in [-0.15, -0.1) is 11.8 Å². The minimum Gasteiger partial charge on any atom is -0.493 e. The Morgan fingerprint density at radius 3 is 2.38 bits per heavy atom. The molecule has 0 saturated heterocycles. The van der Waals surface area contributed by atoms with Crippen LogP contribution < -0.4 is 8.92 Å². The Morgan fingerprint density at radius 1 is 1.10 bits per heavy atom. The molecule has 29 heavy (non-hydrogen) atoms. The molecular formula is C21H27NO5S2. The molecule has 6 nitrogen and oxygen atoms in total. The fraction of sp³-hybridized carbons (Fsp3) is 0.381. The van der Waals surface area contributed by atoms with Crippen molar-refractivity contribution >= 4 is 27.8 Å². The minimum absolute atomic E-state index is 0.0222. The first-order valence-corrected chi connectivity index (χ1v) is 12.0. The number of ether oxygens (including phenoxy) is 1. The minimum atomic E-state index is -3.69. The SMILES string of the molecule is COc1ccc(CN(CC(C)C)C(=O)CSc2ccccc2)cc1OS(C)(=O)=O. The highest BCUT2D eigenvalue weighted by Gasteiger charge is 2.18. The highest BCUT2D eigenvalue weighted by Crippen LogP contribution is 2.30. The maximum atomic E-state index is 12.8. The summed E-state index contributed by atoms with van der Waals surface area (Å²) in [5.74, 6) is 1.09. The lowest BCUT2D eigenvalue weighted by molar-refractivity contribution is -0.129. The molecule has 0 unspecified atom stereocenters. The van der Waals surface area contributed by atoms with E-state index in [1.807, 2.05) is 30.3 Å². The quantitative estimate of drug-likeness (QED) is 0.416. The van der Waals surface area contributed by atoms with Gasteiger partial charge in [0, 0.05) is 18.0 Å². The van der Waals surface area contributed by atoms with Gasteiger partial charge in [0.15, 0.2) is 11.5 Å². The first-order chi connectivity index (χ1) is 13.7. The Balaban J connectivity index is 2.16. The fourth-order valence-electron chi connectivity index (χ4n) is 2.72. The van der Waals surface area contributed by atoms with Crippen LogP contribution in [0, 0.1) is 5.92 Å². The van der Waals surface area contributed by atoms with Gasteiger partial charge in [0.05, 0.1) is 19.1 Å². The zero-order valence-electron chi connectivity index (χ0n) is 17.1. The summed E-state index contributed by atoms with van der Waals surface area (Å²) in [6.45, 7) is 5.06. The number of thioether (sulfide) groups is 1. The molecule has 0 N–H and O–H groups in total. The van der Waals surface area contributed by atoms with Gasteiger partial charge >= 0.3 is 10.1 Å². The molecule has 0 saturated carbocycles. The van der Waals surface area contributed by atoms with E-state index >= 15 is 0 Å². The predicted molar refractivity (Wildman–Crippen MR) is 116 cm³/mol. The Morgan fingerprint density at radius 2 is 1.79 bits per heavy atom. The van der Waals surface area contributed by atoms with Gasteiger partial charge in [-0.05, 0) is 35.7 Å². The molecule has 0 aliphatic heterocycles. The second-order valence-corrected chi connectivity index (χ2v) is 9.67. The lowest BCUT2D eigenvalue weighted by Crippen LogP contribution is -2.35. The third-order valence-corrected chi connectivity index (χ3v) is 5.37. The van der Waals surface area contributed by atoms with Crippen molar-refractivity contribution in [1.29, 1.82) is 0 Å². The Hall–Kier alpha value is -2.19. The molecule has 0 atom stereocenters. The molecule has 0 fully saturated rings. The number of hydrogen-bond donors (Lipinski definition) is 0. The molecule has 2 rings (SSSR count). The molecule has 1 amide bonds.